The number of benzene rings is 1. The minimum absolute atomic E-state index is 0.147. The Morgan fingerprint density at radius 3 is 2.53 bits per heavy atom. The second-order valence-corrected chi connectivity index (χ2v) is 6.86. The maximum atomic E-state index is 13.2. The van der Waals surface area contributed by atoms with Gasteiger partial charge in [-0.1, -0.05) is 0 Å². The molecule has 2 aromatic heterocycles. The summed E-state index contributed by atoms with van der Waals surface area (Å²) < 4.78 is 40.2. The van der Waals surface area contributed by atoms with Crippen LogP contribution < -0.4 is 10.2 Å². The van der Waals surface area contributed by atoms with Crippen molar-refractivity contribution >= 4 is 23.3 Å². The van der Waals surface area contributed by atoms with Crippen LogP contribution in [-0.4, -0.2) is 33.1 Å². The third-order valence-electron chi connectivity index (χ3n) is 4.85. The quantitative estimate of drug-likeness (QED) is 0.706. The highest BCUT2D eigenvalue weighted by molar-refractivity contribution is 6.15. The Morgan fingerprint density at radius 2 is 1.90 bits per heavy atom. The molecule has 0 radical (unpaired) electrons. The summed E-state index contributed by atoms with van der Waals surface area (Å²) in [4.78, 5) is 27.2. The molecule has 10 heteroatoms. The average molecular weight is 415 g/mol. The SMILES string of the molecule is C[C@H]1CN(c2ccc(C(F)(F)F)cc2)C(=O)c2c(C(=O)Nc3cccnn3)ccn21. The van der Waals surface area contributed by atoms with Crippen molar-refractivity contribution in [2.45, 2.75) is 19.1 Å². The molecule has 0 unspecified atom stereocenters. The van der Waals surface area contributed by atoms with E-state index >= 15 is 0 Å². The lowest BCUT2D eigenvalue weighted by Crippen LogP contribution is -2.43. The molecule has 30 heavy (non-hydrogen) atoms. The molecule has 1 atom stereocenters. The Bertz CT molecular complexity index is 1090. The zero-order valence-corrected chi connectivity index (χ0v) is 15.7. The molecule has 3 heterocycles. The molecule has 4 rings (SSSR count). The number of nitrogens with zero attached hydrogens (tertiary/aromatic N) is 4. The fourth-order valence-corrected chi connectivity index (χ4v) is 3.39. The molecule has 0 aliphatic carbocycles. The summed E-state index contributed by atoms with van der Waals surface area (Å²) >= 11 is 0. The van der Waals surface area contributed by atoms with Crippen LogP contribution in [-0.2, 0) is 6.18 Å². The molecule has 1 N–H and O–H groups in total. The highest BCUT2D eigenvalue weighted by Gasteiger charge is 2.35. The van der Waals surface area contributed by atoms with E-state index in [1.807, 2.05) is 6.92 Å². The van der Waals surface area contributed by atoms with Gasteiger partial charge in [0.1, 0.15) is 5.69 Å². The molecule has 0 saturated carbocycles. The minimum atomic E-state index is -4.46. The van der Waals surface area contributed by atoms with E-state index in [9.17, 15) is 22.8 Å². The Balaban J connectivity index is 1.65. The number of aromatic nitrogens is 3. The van der Waals surface area contributed by atoms with E-state index in [-0.39, 0.29) is 29.7 Å². The Kier molecular flexibility index (Phi) is 4.76. The van der Waals surface area contributed by atoms with Crippen LogP contribution in [0.5, 0.6) is 0 Å². The van der Waals surface area contributed by atoms with Gasteiger partial charge in [0, 0.05) is 30.7 Å². The molecule has 1 aliphatic heterocycles. The number of hydrogen-bond acceptors (Lipinski definition) is 4. The lowest BCUT2D eigenvalue weighted by Gasteiger charge is -2.33. The smallest absolute Gasteiger partial charge is 0.338 e. The number of nitrogens with one attached hydrogen (secondary N) is 1. The number of carbonyl (C=O) groups is 2. The summed E-state index contributed by atoms with van der Waals surface area (Å²) in [7, 11) is 0. The molecule has 1 aliphatic rings. The monoisotopic (exact) mass is 415 g/mol. The van der Waals surface area contributed by atoms with Crippen LogP contribution in [0.25, 0.3) is 0 Å². The average Bonchev–Trinajstić information content (AvgIpc) is 3.17. The summed E-state index contributed by atoms with van der Waals surface area (Å²) in [6.45, 7) is 2.12. The van der Waals surface area contributed by atoms with Gasteiger partial charge < -0.3 is 14.8 Å². The third kappa shape index (κ3) is 3.51. The first-order valence-corrected chi connectivity index (χ1v) is 9.04. The molecule has 3 aromatic rings. The van der Waals surface area contributed by atoms with Crippen molar-refractivity contribution in [1.29, 1.82) is 0 Å². The number of halogens is 3. The first-order valence-electron chi connectivity index (χ1n) is 9.04. The van der Waals surface area contributed by atoms with Gasteiger partial charge in [-0.05, 0) is 49.4 Å². The van der Waals surface area contributed by atoms with Crippen LogP contribution >= 0.6 is 0 Å². The van der Waals surface area contributed by atoms with Gasteiger partial charge in [0.25, 0.3) is 11.8 Å². The molecule has 0 spiro atoms. The van der Waals surface area contributed by atoms with Gasteiger partial charge in [-0.25, -0.2) is 0 Å². The number of hydrogen-bond donors (Lipinski definition) is 1. The van der Waals surface area contributed by atoms with Gasteiger partial charge in [0.05, 0.1) is 11.1 Å². The summed E-state index contributed by atoms with van der Waals surface area (Å²) in [5.41, 5.74) is -0.159. The van der Waals surface area contributed by atoms with Gasteiger partial charge >= 0.3 is 6.18 Å². The van der Waals surface area contributed by atoms with Crippen LogP contribution in [0, 0.1) is 0 Å². The number of carbonyl (C=O) groups excluding carboxylic acids is 2. The summed E-state index contributed by atoms with van der Waals surface area (Å²) in [5.74, 6) is -0.764. The fourth-order valence-electron chi connectivity index (χ4n) is 3.39. The molecule has 0 bridgehead atoms. The molecule has 1 aromatic carbocycles. The van der Waals surface area contributed by atoms with Crippen molar-refractivity contribution in [1.82, 2.24) is 14.8 Å². The minimum Gasteiger partial charge on any atom is -0.338 e. The zero-order chi connectivity index (χ0) is 21.5. The number of anilines is 2. The van der Waals surface area contributed by atoms with Crippen molar-refractivity contribution in [3.63, 3.8) is 0 Å². The normalized spacial score (nSPS) is 16.3. The molecule has 2 amide bonds. The van der Waals surface area contributed by atoms with E-state index in [0.717, 1.165) is 12.1 Å². The highest BCUT2D eigenvalue weighted by atomic mass is 19.4. The molecule has 7 nitrogen and oxygen atoms in total. The predicted octanol–water partition coefficient (Wildman–Crippen LogP) is 3.77. The molecule has 154 valence electrons. The van der Waals surface area contributed by atoms with E-state index in [0.29, 0.717) is 5.69 Å². The third-order valence-corrected chi connectivity index (χ3v) is 4.85. The van der Waals surface area contributed by atoms with Gasteiger partial charge in [-0.15, -0.1) is 5.10 Å². The molecule has 0 fully saturated rings. The Hall–Kier alpha value is -3.69. The molecular weight excluding hydrogens is 399 g/mol. The molecular formula is C20H16F3N5O2. The maximum absolute atomic E-state index is 13.2. The molecule has 0 saturated heterocycles. The van der Waals surface area contributed by atoms with Crippen molar-refractivity contribution < 1.29 is 22.8 Å². The van der Waals surface area contributed by atoms with Crippen molar-refractivity contribution in [3.8, 4) is 0 Å². The summed E-state index contributed by atoms with van der Waals surface area (Å²) in [6, 6.07) is 8.90. The Morgan fingerprint density at radius 1 is 1.17 bits per heavy atom. The van der Waals surface area contributed by atoms with E-state index in [4.69, 9.17) is 0 Å². The summed E-state index contributed by atoms with van der Waals surface area (Å²) in [6.07, 6.45) is -1.35. The first-order chi connectivity index (χ1) is 14.3. The lowest BCUT2D eigenvalue weighted by molar-refractivity contribution is -0.137. The van der Waals surface area contributed by atoms with Gasteiger partial charge in [0.15, 0.2) is 5.82 Å². The highest BCUT2D eigenvalue weighted by Crippen LogP contribution is 2.33. The van der Waals surface area contributed by atoms with Crippen LogP contribution in [0.15, 0.2) is 54.9 Å². The fraction of sp³-hybridized carbons (Fsp3) is 0.200. The van der Waals surface area contributed by atoms with Crippen LogP contribution in [0.2, 0.25) is 0 Å². The van der Waals surface area contributed by atoms with Crippen molar-refractivity contribution in [2.75, 3.05) is 16.8 Å². The van der Waals surface area contributed by atoms with E-state index in [1.165, 1.54) is 29.3 Å². The second kappa shape index (κ2) is 7.29. The Labute approximate surface area is 169 Å². The van der Waals surface area contributed by atoms with E-state index in [1.54, 1.807) is 22.9 Å². The number of alkyl halides is 3. The van der Waals surface area contributed by atoms with Gasteiger partial charge in [-0.2, -0.15) is 18.3 Å². The van der Waals surface area contributed by atoms with Gasteiger partial charge in [0.2, 0.25) is 0 Å². The van der Waals surface area contributed by atoms with Crippen molar-refractivity contribution in [3.05, 3.63) is 71.7 Å². The number of rotatable bonds is 3. The predicted molar refractivity (Wildman–Crippen MR) is 102 cm³/mol. The van der Waals surface area contributed by atoms with Crippen molar-refractivity contribution in [2.24, 2.45) is 0 Å². The maximum Gasteiger partial charge on any atom is 0.416 e. The largest absolute Gasteiger partial charge is 0.416 e. The van der Waals surface area contributed by atoms with Crippen LogP contribution in [0.3, 0.4) is 0 Å². The zero-order valence-electron chi connectivity index (χ0n) is 15.7. The number of amides is 2. The van der Waals surface area contributed by atoms with E-state index < -0.39 is 23.6 Å². The van der Waals surface area contributed by atoms with Crippen LogP contribution in [0.4, 0.5) is 24.7 Å². The lowest BCUT2D eigenvalue weighted by atomic mass is 10.1. The first kappa shape index (κ1) is 19.6. The van der Waals surface area contributed by atoms with E-state index in [2.05, 4.69) is 15.5 Å². The standard InChI is InChI=1S/C20H16F3N5O2/c1-12-11-28(14-6-4-13(5-7-14)20(21,22)23)19(30)17-15(8-10-27(12)17)18(29)25-16-3-2-9-24-26-16/h2-10,12H,11H2,1H3,(H,25,26,29)/t12-/m0/s1. The van der Waals surface area contributed by atoms with Gasteiger partial charge in [-0.3, -0.25) is 9.59 Å². The summed E-state index contributed by atoms with van der Waals surface area (Å²) in [5, 5.41) is 10.1. The number of fused-ring (bicyclic) bond motifs is 1. The topological polar surface area (TPSA) is 80.1 Å². The second-order valence-electron chi connectivity index (χ2n) is 6.86. The van der Waals surface area contributed by atoms with Crippen LogP contribution in [0.1, 0.15) is 39.4 Å².